The topological polar surface area (TPSA) is 145 Å². The molecule has 3 heterocycles. The number of aromatic nitrogens is 2. The van der Waals surface area contributed by atoms with Crippen molar-refractivity contribution in [1.82, 2.24) is 20.2 Å². The first kappa shape index (κ1) is 39.0. The fourth-order valence-corrected chi connectivity index (χ4v) is 9.14. The van der Waals surface area contributed by atoms with Crippen LogP contribution in [0.2, 0.25) is 5.02 Å². The summed E-state index contributed by atoms with van der Waals surface area (Å²) in [5.74, 6) is 0.277. The van der Waals surface area contributed by atoms with Crippen molar-refractivity contribution < 1.29 is 36.8 Å². The van der Waals surface area contributed by atoms with Crippen LogP contribution in [-0.2, 0) is 32.4 Å². The fraction of sp³-hybridized carbons (Fsp3) is 0.526. The van der Waals surface area contributed by atoms with E-state index in [2.05, 4.69) is 47.0 Å². The van der Waals surface area contributed by atoms with Crippen LogP contribution in [0, 0.1) is 17.3 Å². The summed E-state index contributed by atoms with van der Waals surface area (Å²) in [5.41, 5.74) is -2.60. The second-order valence-electron chi connectivity index (χ2n) is 16.1. The minimum Gasteiger partial charge on any atom is -0.495 e. The van der Waals surface area contributed by atoms with Crippen molar-refractivity contribution in [2.24, 2.45) is 17.3 Å². The molecule has 5 aliphatic rings. The third-order valence-electron chi connectivity index (χ3n) is 12.2. The number of hydrogen-bond acceptors (Lipinski definition) is 8. The molecule has 294 valence electrons. The van der Waals surface area contributed by atoms with Crippen LogP contribution in [0.5, 0.6) is 5.75 Å². The Bertz CT molecular complexity index is 2070. The van der Waals surface area contributed by atoms with Gasteiger partial charge in [0.2, 0.25) is 5.91 Å². The maximum atomic E-state index is 14.4. The van der Waals surface area contributed by atoms with Gasteiger partial charge in [-0.05, 0) is 86.3 Å². The van der Waals surface area contributed by atoms with Gasteiger partial charge in [0.05, 0.1) is 47.7 Å². The van der Waals surface area contributed by atoms with Gasteiger partial charge in [0, 0.05) is 18.0 Å². The Balaban J connectivity index is 1.16. The molecule has 3 aliphatic carbocycles. The number of fused-ring (bicyclic) bond motifs is 1. The normalized spacial score (nSPS) is 28.0. The molecule has 17 heteroatoms. The number of benzene rings is 2. The van der Waals surface area contributed by atoms with Crippen LogP contribution in [0.25, 0.3) is 0 Å². The van der Waals surface area contributed by atoms with Gasteiger partial charge in [0.15, 0.2) is 0 Å². The standard InChI is InChI=1S/C38H45BClF3N6O6/c1-7-29(39-54-30-24-14-22(35(24,2)3)16-37(30,5)55-39)47-31(50)27-17-36(4,48-34(52)46-25-15-23(40)11-12-28(25)53-6)33-45-19-26(32(51)49(27)33)44-18-20-9-8-10-21(13-20)38(41,42)43/h8-13,15,19,22,24,27,29-30,44H,7,14,16-18H2,1-6H3,(H,47,50)(H2,46,48,52)/t22?,24?,27-,29-,30+,36+,37-/m0/s1. The highest BCUT2D eigenvalue weighted by Gasteiger charge is 2.67. The SMILES string of the molecule is CC[C@H](NC(=O)[C@@H]1C[C@@](C)(NC(=O)Nc2cc(Cl)ccc2OC)c2ncc(NCc3cccc(C(F)(F)F)c3)c(=O)n21)B1O[C@@H]2C3CC(C[C@]2(C)O1)C3(C)C. The molecule has 1 saturated heterocycles. The third kappa shape index (κ3) is 7.05. The molecule has 2 aromatic carbocycles. The number of alkyl halides is 3. The van der Waals surface area contributed by atoms with E-state index in [1.807, 2.05) is 6.92 Å². The molecule has 12 nitrogen and oxygen atoms in total. The lowest BCUT2D eigenvalue weighted by Gasteiger charge is -2.63. The molecule has 1 aromatic heterocycles. The number of methoxy groups -OCH3 is 1. The predicted octanol–water partition coefficient (Wildman–Crippen LogP) is 6.68. The molecule has 2 unspecified atom stereocenters. The first-order valence-corrected chi connectivity index (χ1v) is 18.8. The van der Waals surface area contributed by atoms with E-state index >= 15 is 0 Å². The summed E-state index contributed by atoms with van der Waals surface area (Å²) in [6.45, 7) is 10.1. The maximum Gasteiger partial charge on any atom is 0.481 e. The van der Waals surface area contributed by atoms with Crippen molar-refractivity contribution in [3.05, 3.63) is 81.0 Å². The number of amides is 3. The van der Waals surface area contributed by atoms with E-state index in [1.54, 1.807) is 19.1 Å². The van der Waals surface area contributed by atoms with Gasteiger partial charge in [-0.2, -0.15) is 13.2 Å². The Labute approximate surface area is 322 Å². The predicted molar refractivity (Wildman–Crippen MR) is 201 cm³/mol. The van der Waals surface area contributed by atoms with Crippen LogP contribution < -0.4 is 31.6 Å². The highest BCUT2D eigenvalue weighted by atomic mass is 35.5. The summed E-state index contributed by atoms with van der Waals surface area (Å²) in [4.78, 5) is 46.7. The Morgan fingerprint density at radius 2 is 1.89 bits per heavy atom. The first-order valence-electron chi connectivity index (χ1n) is 18.4. The van der Waals surface area contributed by atoms with E-state index in [9.17, 15) is 27.6 Å². The van der Waals surface area contributed by atoms with Gasteiger partial charge in [-0.3, -0.25) is 14.2 Å². The summed E-state index contributed by atoms with van der Waals surface area (Å²) in [6, 6.07) is 7.67. The lowest BCUT2D eigenvalue weighted by Crippen LogP contribution is -2.63. The summed E-state index contributed by atoms with van der Waals surface area (Å²) < 4.78 is 59.9. The molecule has 8 rings (SSSR count). The van der Waals surface area contributed by atoms with Gasteiger partial charge in [-0.1, -0.05) is 44.5 Å². The van der Waals surface area contributed by atoms with Crippen LogP contribution in [0.15, 0.2) is 53.5 Å². The number of hydrogen-bond donors (Lipinski definition) is 4. The van der Waals surface area contributed by atoms with E-state index in [1.165, 1.54) is 36.1 Å². The van der Waals surface area contributed by atoms with Crippen LogP contribution in [0.3, 0.4) is 0 Å². The summed E-state index contributed by atoms with van der Waals surface area (Å²) in [5, 5.41) is 12.0. The van der Waals surface area contributed by atoms with Crippen molar-refractivity contribution in [3.8, 4) is 5.75 Å². The van der Waals surface area contributed by atoms with Gasteiger partial charge < -0.3 is 35.3 Å². The maximum absolute atomic E-state index is 14.4. The molecule has 2 aliphatic heterocycles. The molecule has 3 aromatic rings. The van der Waals surface area contributed by atoms with Crippen LogP contribution in [0.4, 0.5) is 29.3 Å². The van der Waals surface area contributed by atoms with Crippen LogP contribution >= 0.6 is 11.6 Å². The highest BCUT2D eigenvalue weighted by Crippen LogP contribution is 2.64. The fourth-order valence-electron chi connectivity index (χ4n) is 8.97. The second kappa shape index (κ2) is 14.0. The average Bonchev–Trinajstić information content (AvgIpc) is 3.64. The van der Waals surface area contributed by atoms with E-state index in [0.717, 1.165) is 25.0 Å². The van der Waals surface area contributed by atoms with Gasteiger partial charge in [0.1, 0.15) is 23.3 Å². The molecule has 3 amide bonds. The summed E-state index contributed by atoms with van der Waals surface area (Å²) in [6.07, 6.45) is -1.04. The smallest absolute Gasteiger partial charge is 0.481 e. The van der Waals surface area contributed by atoms with Crippen molar-refractivity contribution >= 4 is 42.0 Å². The largest absolute Gasteiger partial charge is 0.495 e. The average molecular weight is 785 g/mol. The van der Waals surface area contributed by atoms with Crippen molar-refractivity contribution in [2.75, 3.05) is 17.7 Å². The Morgan fingerprint density at radius 1 is 1.13 bits per heavy atom. The van der Waals surface area contributed by atoms with Gasteiger partial charge >= 0.3 is 19.3 Å². The van der Waals surface area contributed by atoms with E-state index in [-0.39, 0.29) is 41.6 Å². The van der Waals surface area contributed by atoms with E-state index in [0.29, 0.717) is 34.7 Å². The van der Waals surface area contributed by atoms with Gasteiger partial charge in [-0.25, -0.2) is 9.78 Å². The quantitative estimate of drug-likeness (QED) is 0.167. The number of halogens is 4. The molecule has 2 bridgehead atoms. The second-order valence-corrected chi connectivity index (χ2v) is 16.6. The Kier molecular flexibility index (Phi) is 9.94. The molecule has 0 spiro atoms. The van der Waals surface area contributed by atoms with Crippen molar-refractivity contribution in [3.63, 3.8) is 0 Å². The van der Waals surface area contributed by atoms with Gasteiger partial charge in [-0.15, -0.1) is 0 Å². The Morgan fingerprint density at radius 3 is 2.58 bits per heavy atom. The molecule has 3 saturated carbocycles. The number of anilines is 2. The van der Waals surface area contributed by atoms with Crippen molar-refractivity contribution in [1.29, 1.82) is 0 Å². The monoisotopic (exact) mass is 784 g/mol. The molecule has 0 radical (unpaired) electrons. The van der Waals surface area contributed by atoms with Crippen LogP contribution in [-0.4, -0.2) is 53.4 Å². The zero-order valence-electron chi connectivity index (χ0n) is 31.5. The zero-order valence-corrected chi connectivity index (χ0v) is 32.2. The number of rotatable bonds is 10. The molecule has 4 N–H and O–H groups in total. The lowest BCUT2D eigenvalue weighted by atomic mass is 9.45. The first-order chi connectivity index (χ1) is 25.9. The summed E-state index contributed by atoms with van der Waals surface area (Å²) in [7, 11) is 0.736. The minimum atomic E-state index is -4.54. The molecular formula is C38H45BClF3N6O6. The minimum absolute atomic E-state index is 0.0376. The molecule has 7 atom stereocenters. The van der Waals surface area contributed by atoms with Gasteiger partial charge in [0.25, 0.3) is 5.56 Å². The number of ether oxygens (including phenoxy) is 1. The van der Waals surface area contributed by atoms with E-state index in [4.69, 9.17) is 25.6 Å². The number of carbonyl (C=O) groups excluding carboxylic acids is 2. The zero-order chi connectivity index (χ0) is 39.7. The van der Waals surface area contributed by atoms with E-state index < -0.39 is 59.5 Å². The number of urea groups is 1. The molecule has 4 fully saturated rings. The number of nitrogens with zero attached hydrogens (tertiary/aromatic N) is 2. The summed E-state index contributed by atoms with van der Waals surface area (Å²) >= 11 is 6.17. The number of carbonyl (C=O) groups is 2. The number of nitrogens with one attached hydrogen (secondary N) is 4. The molecule has 55 heavy (non-hydrogen) atoms. The third-order valence-corrected chi connectivity index (χ3v) is 12.4. The van der Waals surface area contributed by atoms with Crippen LogP contribution in [0.1, 0.15) is 83.3 Å². The van der Waals surface area contributed by atoms with Crippen molar-refractivity contribution in [2.45, 2.75) is 102 Å². The Hall–Kier alpha value is -4.28. The highest BCUT2D eigenvalue weighted by molar-refractivity contribution is 6.47. The lowest BCUT2D eigenvalue weighted by molar-refractivity contribution is -0.185. The molecular weight excluding hydrogens is 740 g/mol.